The quantitative estimate of drug-likeness (QED) is 0.839. The van der Waals surface area contributed by atoms with Crippen molar-refractivity contribution in [3.63, 3.8) is 0 Å². The summed E-state index contributed by atoms with van der Waals surface area (Å²) in [5, 5.41) is 0.263. The second kappa shape index (κ2) is 6.33. The lowest BCUT2D eigenvalue weighted by atomic mass is 9.83. The molecule has 0 radical (unpaired) electrons. The fraction of sp³-hybridized carbons (Fsp3) is 0.571. The number of nitrogens with two attached hydrogens (primary N) is 1. The summed E-state index contributed by atoms with van der Waals surface area (Å²) in [7, 11) is -3.50. The molecule has 112 valence electrons. The number of hydrogen-bond acceptors (Lipinski definition) is 3. The second-order valence-corrected chi connectivity index (χ2v) is 7.84. The molecule has 0 spiro atoms. The first-order valence-electron chi connectivity index (χ1n) is 6.93. The van der Waals surface area contributed by atoms with Gasteiger partial charge in [-0.05, 0) is 42.9 Å². The van der Waals surface area contributed by atoms with Crippen LogP contribution in [0.5, 0.6) is 0 Å². The van der Waals surface area contributed by atoms with Crippen LogP contribution in [0.15, 0.2) is 23.1 Å². The van der Waals surface area contributed by atoms with E-state index < -0.39 is 10.0 Å². The molecule has 1 aliphatic rings. The average molecular weight is 317 g/mol. The fourth-order valence-electron chi connectivity index (χ4n) is 2.52. The predicted molar refractivity (Wildman–Crippen MR) is 82.2 cm³/mol. The van der Waals surface area contributed by atoms with Crippen molar-refractivity contribution in [3.05, 3.63) is 23.2 Å². The molecule has 0 atom stereocenters. The number of hydrogen-bond donors (Lipinski definition) is 2. The zero-order chi connectivity index (χ0) is 14.8. The summed E-state index contributed by atoms with van der Waals surface area (Å²) < 4.78 is 27.1. The van der Waals surface area contributed by atoms with E-state index in [1.807, 2.05) is 0 Å². The highest BCUT2D eigenvalue weighted by Crippen LogP contribution is 2.28. The van der Waals surface area contributed by atoms with Gasteiger partial charge in [0.1, 0.15) is 0 Å². The molecule has 6 heteroatoms. The standard InChI is InChI=1S/C14H21ClN2O2S/c1-10-2-4-11(5-3-10)9-17-20(18,19)12-6-7-14(16)13(15)8-12/h6-8,10-11,17H,2-5,9,16H2,1H3. The predicted octanol–water partition coefficient (Wildman–Crippen LogP) is 3.03. The van der Waals surface area contributed by atoms with Crippen molar-refractivity contribution in [3.8, 4) is 0 Å². The van der Waals surface area contributed by atoms with Gasteiger partial charge in [0, 0.05) is 6.54 Å². The van der Waals surface area contributed by atoms with Gasteiger partial charge < -0.3 is 5.73 Å². The third-order valence-corrected chi connectivity index (χ3v) is 5.73. The van der Waals surface area contributed by atoms with Crippen molar-refractivity contribution in [2.75, 3.05) is 12.3 Å². The molecular formula is C14H21ClN2O2S. The van der Waals surface area contributed by atoms with Crippen LogP contribution in [-0.4, -0.2) is 15.0 Å². The molecule has 0 unspecified atom stereocenters. The van der Waals surface area contributed by atoms with Gasteiger partial charge in [-0.15, -0.1) is 0 Å². The summed E-state index contributed by atoms with van der Waals surface area (Å²) in [4.78, 5) is 0.167. The Morgan fingerprint density at radius 2 is 1.95 bits per heavy atom. The highest BCUT2D eigenvalue weighted by Gasteiger charge is 2.21. The first-order chi connectivity index (χ1) is 9.38. The number of benzene rings is 1. The highest BCUT2D eigenvalue weighted by molar-refractivity contribution is 7.89. The highest BCUT2D eigenvalue weighted by atomic mass is 35.5. The summed E-state index contributed by atoms with van der Waals surface area (Å²) in [6.45, 7) is 2.74. The monoisotopic (exact) mass is 316 g/mol. The SMILES string of the molecule is CC1CCC(CNS(=O)(=O)c2ccc(N)c(Cl)c2)CC1. The Hall–Kier alpha value is -0.780. The van der Waals surface area contributed by atoms with Crippen molar-refractivity contribution in [1.82, 2.24) is 4.72 Å². The van der Waals surface area contributed by atoms with Crippen LogP contribution in [0.1, 0.15) is 32.6 Å². The molecule has 1 aromatic rings. The first-order valence-corrected chi connectivity index (χ1v) is 8.79. The van der Waals surface area contributed by atoms with Gasteiger partial charge in [0.15, 0.2) is 0 Å². The number of nitrogen functional groups attached to an aromatic ring is 1. The topological polar surface area (TPSA) is 72.2 Å². The molecule has 0 heterocycles. The molecule has 0 saturated heterocycles. The van der Waals surface area contributed by atoms with E-state index in [0.717, 1.165) is 18.8 Å². The number of halogens is 1. The largest absolute Gasteiger partial charge is 0.398 e. The van der Waals surface area contributed by atoms with Crippen LogP contribution < -0.4 is 10.5 Å². The Morgan fingerprint density at radius 1 is 1.30 bits per heavy atom. The third kappa shape index (κ3) is 3.87. The van der Waals surface area contributed by atoms with E-state index in [-0.39, 0.29) is 9.92 Å². The second-order valence-electron chi connectivity index (χ2n) is 5.66. The normalized spacial score (nSPS) is 23.7. The Bertz CT molecular complexity index is 567. The van der Waals surface area contributed by atoms with Gasteiger partial charge in [-0.2, -0.15) is 0 Å². The average Bonchev–Trinajstić information content (AvgIpc) is 2.41. The zero-order valence-corrected chi connectivity index (χ0v) is 13.2. The van der Waals surface area contributed by atoms with E-state index in [1.54, 1.807) is 0 Å². The Balaban J connectivity index is 1.98. The Morgan fingerprint density at radius 3 is 2.55 bits per heavy atom. The lowest BCUT2D eigenvalue weighted by molar-refractivity contribution is 0.290. The van der Waals surface area contributed by atoms with Crippen LogP contribution >= 0.6 is 11.6 Å². The fourth-order valence-corrected chi connectivity index (χ4v) is 3.91. The first kappa shape index (κ1) is 15.6. The van der Waals surface area contributed by atoms with Gasteiger partial charge in [0.05, 0.1) is 15.6 Å². The van der Waals surface area contributed by atoms with E-state index in [1.165, 1.54) is 31.0 Å². The van der Waals surface area contributed by atoms with Crippen LogP contribution in [-0.2, 0) is 10.0 Å². The van der Waals surface area contributed by atoms with E-state index in [4.69, 9.17) is 17.3 Å². The smallest absolute Gasteiger partial charge is 0.240 e. The van der Waals surface area contributed by atoms with Crippen molar-refractivity contribution in [2.45, 2.75) is 37.5 Å². The van der Waals surface area contributed by atoms with Crippen LogP contribution in [0.4, 0.5) is 5.69 Å². The van der Waals surface area contributed by atoms with Gasteiger partial charge >= 0.3 is 0 Å². The molecule has 1 aliphatic carbocycles. The van der Waals surface area contributed by atoms with E-state index >= 15 is 0 Å². The molecule has 0 aromatic heterocycles. The molecule has 20 heavy (non-hydrogen) atoms. The minimum absolute atomic E-state index is 0.167. The molecule has 0 amide bonds. The molecule has 2 rings (SSSR count). The van der Waals surface area contributed by atoms with E-state index in [9.17, 15) is 8.42 Å². The summed E-state index contributed by atoms with van der Waals surface area (Å²) in [5.74, 6) is 1.20. The summed E-state index contributed by atoms with van der Waals surface area (Å²) in [6, 6.07) is 4.38. The number of sulfonamides is 1. The molecule has 4 nitrogen and oxygen atoms in total. The zero-order valence-electron chi connectivity index (χ0n) is 11.6. The molecule has 1 aromatic carbocycles. The van der Waals surface area contributed by atoms with Gasteiger partial charge in [0.25, 0.3) is 0 Å². The van der Waals surface area contributed by atoms with Crippen LogP contribution in [0, 0.1) is 11.8 Å². The maximum Gasteiger partial charge on any atom is 0.240 e. The van der Waals surface area contributed by atoms with E-state index in [2.05, 4.69) is 11.6 Å². The minimum atomic E-state index is -3.50. The summed E-state index contributed by atoms with van der Waals surface area (Å²) in [6.07, 6.45) is 4.54. The number of anilines is 1. The van der Waals surface area contributed by atoms with Crippen molar-refractivity contribution < 1.29 is 8.42 Å². The van der Waals surface area contributed by atoms with Gasteiger partial charge in [0.2, 0.25) is 10.0 Å². The molecule has 1 saturated carbocycles. The lowest BCUT2D eigenvalue weighted by Crippen LogP contribution is -2.31. The molecule has 0 bridgehead atoms. The third-order valence-electron chi connectivity index (χ3n) is 3.98. The molecular weight excluding hydrogens is 296 g/mol. The Kier molecular flexibility index (Phi) is 4.94. The number of nitrogens with one attached hydrogen (secondary N) is 1. The maximum atomic E-state index is 12.2. The van der Waals surface area contributed by atoms with Crippen molar-refractivity contribution >= 4 is 27.3 Å². The molecule has 3 N–H and O–H groups in total. The Labute approximate surface area is 125 Å². The summed E-state index contributed by atoms with van der Waals surface area (Å²) >= 11 is 5.87. The van der Waals surface area contributed by atoms with Gasteiger partial charge in [-0.1, -0.05) is 31.4 Å². The van der Waals surface area contributed by atoms with Crippen LogP contribution in [0.25, 0.3) is 0 Å². The van der Waals surface area contributed by atoms with Crippen LogP contribution in [0.2, 0.25) is 5.02 Å². The van der Waals surface area contributed by atoms with Gasteiger partial charge in [-0.25, -0.2) is 13.1 Å². The minimum Gasteiger partial charge on any atom is -0.398 e. The summed E-state index contributed by atoms with van der Waals surface area (Å²) in [5.41, 5.74) is 5.97. The number of rotatable bonds is 4. The lowest BCUT2D eigenvalue weighted by Gasteiger charge is -2.26. The van der Waals surface area contributed by atoms with Crippen molar-refractivity contribution in [2.24, 2.45) is 11.8 Å². The molecule has 0 aliphatic heterocycles. The maximum absolute atomic E-state index is 12.2. The molecule has 1 fully saturated rings. The van der Waals surface area contributed by atoms with Gasteiger partial charge in [-0.3, -0.25) is 0 Å². The van der Waals surface area contributed by atoms with Crippen LogP contribution in [0.3, 0.4) is 0 Å². The van der Waals surface area contributed by atoms with E-state index in [0.29, 0.717) is 18.2 Å². The van der Waals surface area contributed by atoms with Crippen molar-refractivity contribution in [1.29, 1.82) is 0 Å².